The second-order valence-corrected chi connectivity index (χ2v) is 6.68. The predicted molar refractivity (Wildman–Crippen MR) is 44.9 cm³/mol. The Morgan fingerprint density at radius 1 is 1.07 bits per heavy atom. The summed E-state index contributed by atoms with van der Waals surface area (Å²) in [6, 6.07) is 0. The second kappa shape index (κ2) is 5.28. The molecule has 11 heteroatoms. The molecule has 0 unspecified atom stereocenters. The van der Waals surface area contributed by atoms with E-state index in [1.807, 2.05) is 0 Å². The van der Waals surface area contributed by atoms with Crippen LogP contribution in [-0.4, -0.2) is 17.7 Å². The molecule has 0 atom stereocenters. The van der Waals surface area contributed by atoms with Crippen molar-refractivity contribution < 1.29 is 54.2 Å². The maximum absolute atomic E-state index is 10.2. The summed E-state index contributed by atoms with van der Waals surface area (Å²) in [6.45, 7) is 4.30. The van der Waals surface area contributed by atoms with Crippen LogP contribution in [0.25, 0.3) is 0 Å². The first-order valence-corrected chi connectivity index (χ1v) is 6.20. The first-order valence-electron chi connectivity index (χ1n) is 3.07. The van der Waals surface area contributed by atoms with Crippen molar-refractivity contribution in [2.24, 2.45) is 0 Å². The molecule has 0 bridgehead atoms. The fourth-order valence-electron chi connectivity index (χ4n) is 0. The topological polar surface area (TPSA) is 54.4 Å². The monoisotopic (exact) mass is 272 g/mol. The molecular weight excluding hydrogens is 261 g/mol. The van der Waals surface area contributed by atoms with Crippen LogP contribution in [0.15, 0.2) is 0 Å². The number of halogens is 5. The third-order valence-electron chi connectivity index (χ3n) is 0.774. The Morgan fingerprint density at radius 2 is 1.13 bits per heavy atom. The van der Waals surface area contributed by atoms with Crippen LogP contribution in [0.5, 0.6) is 0 Å². The first-order chi connectivity index (χ1) is 5.49. The maximum Gasteiger partial charge on any atom is 1.00 e. The molecule has 0 aromatic heterocycles. The Labute approximate surface area is 98.4 Å². The van der Waals surface area contributed by atoms with Crippen molar-refractivity contribution in [3.8, 4) is 0 Å². The zero-order valence-electron chi connectivity index (χ0n) is 9.51. The minimum atomic E-state index is -8.55. The Bertz CT molecular complexity index is 278. The van der Waals surface area contributed by atoms with E-state index in [2.05, 4.69) is 0 Å². The van der Waals surface area contributed by atoms with E-state index in [4.69, 9.17) is 4.55 Å². The number of hydrogen-bond acceptors (Lipinski definition) is 2. The van der Waals surface area contributed by atoms with Gasteiger partial charge in [0, 0.05) is 0 Å². The smallest absolute Gasteiger partial charge is 1.00 e. The van der Waals surface area contributed by atoms with Gasteiger partial charge in [-0.3, -0.25) is 4.55 Å². The molecule has 15 heavy (non-hydrogen) atoms. The normalized spacial score (nSPS) is 15.1. The first kappa shape index (κ1) is 20.9. The standard InChI is InChI=1S/C4H10O3S.F5P.Li.H/c1-4(2,3)8(5,6)7;1-6(2,3,4)5;;/h1-3H3,(H,5,6,7);;;/q;;+1;-1. The van der Waals surface area contributed by atoms with Gasteiger partial charge in [-0.05, 0) is 20.8 Å². The summed E-state index contributed by atoms with van der Waals surface area (Å²) in [7, 11) is -12.4. The third-order valence-corrected chi connectivity index (χ3v) is 2.32. The summed E-state index contributed by atoms with van der Waals surface area (Å²) in [5, 5.41) is 0. The molecule has 0 amide bonds. The minimum Gasteiger partial charge on any atom is -1.00 e. The Balaban J connectivity index is -0.0000000825. The SMILES string of the molecule is CC(C)(C)S(=O)(=O)O.FP(F)(F)(F)F.[H-].[Li+]. The van der Waals surface area contributed by atoms with Crippen LogP contribution >= 0.6 is 8.16 Å². The van der Waals surface area contributed by atoms with Crippen LogP contribution < -0.4 is 18.9 Å². The fraction of sp³-hybridized carbons (Fsp3) is 1.00. The molecular formula is C4H11F5LiO3PS. The molecule has 0 rings (SSSR count). The van der Waals surface area contributed by atoms with Gasteiger partial charge in [0.15, 0.2) is 0 Å². The number of hydrogen-bond donors (Lipinski definition) is 1. The molecule has 0 spiro atoms. The van der Waals surface area contributed by atoms with Gasteiger partial charge in [0.2, 0.25) is 0 Å². The predicted octanol–water partition coefficient (Wildman–Crippen LogP) is 0.751. The van der Waals surface area contributed by atoms with Crippen LogP contribution in [-0.2, 0) is 10.1 Å². The van der Waals surface area contributed by atoms with Gasteiger partial charge < -0.3 is 1.43 Å². The van der Waals surface area contributed by atoms with Crippen LogP contribution in [0, 0.1) is 0 Å². The molecule has 0 saturated carbocycles. The summed E-state index contributed by atoms with van der Waals surface area (Å²) in [4.78, 5) is 0. The maximum atomic E-state index is 10.2. The largest absolute Gasteiger partial charge is 1.00 e. The van der Waals surface area contributed by atoms with Crippen molar-refractivity contribution in [1.29, 1.82) is 0 Å². The second-order valence-electron chi connectivity index (χ2n) is 3.23. The van der Waals surface area contributed by atoms with E-state index in [9.17, 15) is 29.4 Å². The van der Waals surface area contributed by atoms with Crippen LogP contribution in [0.1, 0.15) is 22.2 Å². The van der Waals surface area contributed by atoms with Crippen molar-refractivity contribution in [1.82, 2.24) is 0 Å². The van der Waals surface area contributed by atoms with Crippen molar-refractivity contribution in [3.05, 3.63) is 0 Å². The average Bonchev–Trinajstić information content (AvgIpc) is 1.47. The minimum absolute atomic E-state index is 0. The van der Waals surface area contributed by atoms with Gasteiger partial charge in [0.25, 0.3) is 10.1 Å². The third kappa shape index (κ3) is 25.1. The molecule has 0 heterocycles. The molecule has 0 radical (unpaired) electrons. The molecule has 0 saturated heterocycles. The van der Waals surface area contributed by atoms with Crippen molar-refractivity contribution in [3.63, 3.8) is 0 Å². The quantitative estimate of drug-likeness (QED) is 0.306. The van der Waals surface area contributed by atoms with Gasteiger partial charge in [-0.2, -0.15) is 8.42 Å². The van der Waals surface area contributed by atoms with E-state index in [0.717, 1.165) is 0 Å². The fourth-order valence-corrected chi connectivity index (χ4v) is 0. The molecule has 0 aliphatic carbocycles. The van der Waals surface area contributed by atoms with Gasteiger partial charge in [-0.15, -0.1) is 0 Å². The van der Waals surface area contributed by atoms with Gasteiger partial charge in [0.1, 0.15) is 0 Å². The van der Waals surface area contributed by atoms with Gasteiger partial charge in [-0.25, -0.2) is 0 Å². The van der Waals surface area contributed by atoms with Crippen LogP contribution in [0.3, 0.4) is 0 Å². The van der Waals surface area contributed by atoms with E-state index >= 15 is 0 Å². The van der Waals surface area contributed by atoms with E-state index in [0.29, 0.717) is 0 Å². The van der Waals surface area contributed by atoms with Crippen LogP contribution in [0.4, 0.5) is 21.0 Å². The van der Waals surface area contributed by atoms with E-state index in [-0.39, 0.29) is 20.3 Å². The van der Waals surface area contributed by atoms with Crippen molar-refractivity contribution in [2.75, 3.05) is 0 Å². The van der Waals surface area contributed by atoms with Gasteiger partial charge in [-0.1, -0.05) is 0 Å². The Hall–Kier alpha value is 0.587. The molecule has 92 valence electrons. The zero-order valence-corrected chi connectivity index (χ0v) is 10.2. The summed E-state index contributed by atoms with van der Waals surface area (Å²) in [6.07, 6.45) is 0. The number of rotatable bonds is 0. The Morgan fingerprint density at radius 3 is 1.13 bits per heavy atom. The van der Waals surface area contributed by atoms with E-state index in [1.54, 1.807) is 0 Å². The molecule has 0 aromatic carbocycles. The van der Waals surface area contributed by atoms with Gasteiger partial charge in [0.05, 0.1) is 4.75 Å². The molecule has 3 nitrogen and oxygen atoms in total. The van der Waals surface area contributed by atoms with E-state index < -0.39 is 23.0 Å². The van der Waals surface area contributed by atoms with Crippen LogP contribution in [0.2, 0.25) is 0 Å². The average molecular weight is 272 g/mol. The zero-order chi connectivity index (χ0) is 12.4. The molecule has 0 fully saturated rings. The molecule has 0 aromatic rings. The molecule has 1 N–H and O–H groups in total. The summed E-state index contributed by atoms with van der Waals surface area (Å²) < 4.78 is 76.9. The van der Waals surface area contributed by atoms with Gasteiger partial charge >= 0.3 is 48.0 Å². The van der Waals surface area contributed by atoms with Crippen molar-refractivity contribution >= 4 is 18.3 Å². The summed E-state index contributed by atoms with van der Waals surface area (Å²) >= 11 is 0. The molecule has 0 aliphatic rings. The molecule has 0 aliphatic heterocycles. The van der Waals surface area contributed by atoms with E-state index in [1.165, 1.54) is 20.8 Å². The van der Waals surface area contributed by atoms with Crippen molar-refractivity contribution in [2.45, 2.75) is 25.5 Å². The summed E-state index contributed by atoms with van der Waals surface area (Å²) in [5.74, 6) is 0. The summed E-state index contributed by atoms with van der Waals surface area (Å²) in [5.41, 5.74) is 0. The Kier molecular flexibility index (Phi) is 7.37.